The van der Waals surface area contributed by atoms with E-state index in [9.17, 15) is 4.79 Å². The lowest BCUT2D eigenvalue weighted by molar-refractivity contribution is -0.119. The number of carbonyl (C=O) groups excluding carboxylic acids is 1. The molecule has 0 spiro atoms. The van der Waals surface area contributed by atoms with Crippen molar-refractivity contribution in [2.24, 2.45) is 0 Å². The average molecular weight is 335 g/mol. The summed E-state index contributed by atoms with van der Waals surface area (Å²) in [7, 11) is 0. The fraction of sp³-hybridized carbons (Fsp3) is 0.562. The van der Waals surface area contributed by atoms with Gasteiger partial charge in [-0.3, -0.25) is 4.79 Å². The number of aryl methyl sites for hydroxylation is 2. The Bertz CT molecular complexity index is 677. The molecule has 1 amide bonds. The molecule has 0 saturated heterocycles. The molecule has 0 atom stereocenters. The lowest BCUT2D eigenvalue weighted by atomic mass is 9.95. The number of amides is 1. The number of hydrogen-bond donors (Lipinski definition) is 1. The molecule has 1 fully saturated rings. The van der Waals surface area contributed by atoms with E-state index in [0.717, 1.165) is 28.1 Å². The third-order valence-corrected chi connectivity index (χ3v) is 6.35. The van der Waals surface area contributed by atoms with Crippen LogP contribution in [-0.2, 0) is 4.79 Å². The summed E-state index contributed by atoms with van der Waals surface area (Å²) in [5, 5.41) is 5.19. The zero-order chi connectivity index (χ0) is 15.5. The van der Waals surface area contributed by atoms with Crippen LogP contribution in [0.4, 0.5) is 0 Å². The normalized spacial score (nSPS) is 16.1. The third-order valence-electron chi connectivity index (χ3n) is 4.24. The van der Waals surface area contributed by atoms with Crippen molar-refractivity contribution in [3.05, 3.63) is 16.8 Å². The maximum absolute atomic E-state index is 12.1. The lowest BCUT2D eigenvalue weighted by Crippen LogP contribution is -2.37. The van der Waals surface area contributed by atoms with Crippen LogP contribution >= 0.6 is 23.1 Å². The summed E-state index contributed by atoms with van der Waals surface area (Å²) in [6.45, 7) is 4.20. The third kappa shape index (κ3) is 3.43. The standard InChI is InChI=1S/C16H21N3OS2/c1-10-11(2)22-16-14(10)15(17-9-18-16)21-8-13(20)19-12-6-4-3-5-7-12/h9,12H,3-8H2,1-2H3,(H,19,20). The van der Waals surface area contributed by atoms with E-state index in [1.165, 1.54) is 41.5 Å². The molecule has 0 aliphatic heterocycles. The van der Waals surface area contributed by atoms with Crippen LogP contribution < -0.4 is 5.32 Å². The second-order valence-corrected chi connectivity index (χ2v) is 8.00. The first-order valence-electron chi connectivity index (χ1n) is 7.78. The molecule has 2 heterocycles. The zero-order valence-electron chi connectivity index (χ0n) is 13.0. The first-order chi connectivity index (χ1) is 10.6. The molecule has 0 radical (unpaired) electrons. The van der Waals surface area contributed by atoms with Crippen molar-refractivity contribution in [2.75, 3.05) is 5.75 Å². The van der Waals surface area contributed by atoms with Crippen LogP contribution in [0.1, 0.15) is 42.5 Å². The van der Waals surface area contributed by atoms with E-state index in [4.69, 9.17) is 0 Å². The number of hydrogen-bond acceptors (Lipinski definition) is 5. The van der Waals surface area contributed by atoms with Crippen molar-refractivity contribution in [3.63, 3.8) is 0 Å². The van der Waals surface area contributed by atoms with Gasteiger partial charge in [0.1, 0.15) is 16.2 Å². The molecule has 0 aromatic carbocycles. The highest BCUT2D eigenvalue weighted by Crippen LogP contribution is 2.34. The summed E-state index contributed by atoms with van der Waals surface area (Å²) >= 11 is 3.21. The summed E-state index contributed by atoms with van der Waals surface area (Å²) in [4.78, 5) is 23.1. The Kier molecular flexibility index (Phi) is 4.98. The molecule has 0 bridgehead atoms. The van der Waals surface area contributed by atoms with E-state index in [1.807, 2.05) is 0 Å². The second-order valence-electron chi connectivity index (χ2n) is 5.83. The minimum absolute atomic E-state index is 0.119. The summed E-state index contributed by atoms with van der Waals surface area (Å²) in [5.74, 6) is 0.546. The molecule has 3 rings (SSSR count). The number of carbonyl (C=O) groups is 1. The number of nitrogens with one attached hydrogen (secondary N) is 1. The number of rotatable bonds is 4. The minimum Gasteiger partial charge on any atom is -0.353 e. The monoisotopic (exact) mass is 335 g/mol. The molecular weight excluding hydrogens is 314 g/mol. The van der Waals surface area contributed by atoms with Gasteiger partial charge in [-0.25, -0.2) is 9.97 Å². The number of fused-ring (bicyclic) bond motifs is 1. The Morgan fingerprint density at radius 3 is 2.86 bits per heavy atom. The van der Waals surface area contributed by atoms with Gasteiger partial charge >= 0.3 is 0 Å². The number of aromatic nitrogens is 2. The highest BCUT2D eigenvalue weighted by atomic mass is 32.2. The van der Waals surface area contributed by atoms with Crippen molar-refractivity contribution in [3.8, 4) is 0 Å². The Morgan fingerprint density at radius 1 is 1.32 bits per heavy atom. The lowest BCUT2D eigenvalue weighted by Gasteiger charge is -2.22. The van der Waals surface area contributed by atoms with Gasteiger partial charge in [0.2, 0.25) is 5.91 Å². The van der Waals surface area contributed by atoms with E-state index >= 15 is 0 Å². The summed E-state index contributed by atoms with van der Waals surface area (Å²) < 4.78 is 0. The van der Waals surface area contributed by atoms with Crippen molar-refractivity contribution >= 4 is 39.2 Å². The molecule has 4 nitrogen and oxygen atoms in total. The first-order valence-corrected chi connectivity index (χ1v) is 9.58. The first kappa shape index (κ1) is 15.7. The summed E-state index contributed by atoms with van der Waals surface area (Å²) in [5.41, 5.74) is 1.23. The molecule has 1 N–H and O–H groups in total. The molecule has 1 aliphatic carbocycles. The molecule has 118 valence electrons. The van der Waals surface area contributed by atoms with Gasteiger partial charge in [-0.15, -0.1) is 11.3 Å². The maximum atomic E-state index is 12.1. The van der Waals surface area contributed by atoms with Crippen LogP contribution in [0.3, 0.4) is 0 Å². The van der Waals surface area contributed by atoms with Crippen molar-refractivity contribution in [1.82, 2.24) is 15.3 Å². The molecule has 6 heteroatoms. The van der Waals surface area contributed by atoms with Crippen molar-refractivity contribution in [1.29, 1.82) is 0 Å². The van der Waals surface area contributed by atoms with Gasteiger partial charge < -0.3 is 5.32 Å². The van der Waals surface area contributed by atoms with Gasteiger partial charge in [0.15, 0.2) is 0 Å². The maximum Gasteiger partial charge on any atom is 0.230 e. The van der Waals surface area contributed by atoms with Gasteiger partial charge in [0.25, 0.3) is 0 Å². The molecule has 1 aliphatic rings. The Morgan fingerprint density at radius 2 is 2.09 bits per heavy atom. The largest absolute Gasteiger partial charge is 0.353 e. The fourth-order valence-electron chi connectivity index (χ4n) is 2.91. The van der Waals surface area contributed by atoms with Crippen LogP contribution in [0.2, 0.25) is 0 Å². The predicted molar refractivity (Wildman–Crippen MR) is 92.6 cm³/mol. The topological polar surface area (TPSA) is 54.9 Å². The average Bonchev–Trinajstić information content (AvgIpc) is 2.82. The SMILES string of the molecule is Cc1sc2ncnc(SCC(=O)NC3CCCCC3)c2c1C. The summed E-state index contributed by atoms with van der Waals surface area (Å²) in [6, 6.07) is 0.373. The molecule has 22 heavy (non-hydrogen) atoms. The van der Waals surface area contributed by atoms with Crippen LogP contribution in [0.15, 0.2) is 11.4 Å². The molecule has 1 saturated carbocycles. The Labute approximate surface area is 139 Å². The van der Waals surface area contributed by atoms with E-state index < -0.39 is 0 Å². The van der Waals surface area contributed by atoms with E-state index in [0.29, 0.717) is 11.8 Å². The molecule has 0 unspecified atom stereocenters. The quantitative estimate of drug-likeness (QED) is 0.681. The summed E-state index contributed by atoms with van der Waals surface area (Å²) in [6.07, 6.45) is 7.61. The van der Waals surface area contributed by atoms with E-state index in [1.54, 1.807) is 17.7 Å². The van der Waals surface area contributed by atoms with Crippen LogP contribution in [-0.4, -0.2) is 27.7 Å². The Balaban J connectivity index is 1.65. The molecule has 2 aromatic rings. The van der Waals surface area contributed by atoms with Crippen molar-refractivity contribution < 1.29 is 4.79 Å². The van der Waals surface area contributed by atoms with Crippen molar-refractivity contribution in [2.45, 2.75) is 57.0 Å². The Hall–Kier alpha value is -1.14. The molecule has 2 aromatic heterocycles. The number of thiophene rings is 1. The smallest absolute Gasteiger partial charge is 0.230 e. The number of nitrogens with zero attached hydrogens (tertiary/aromatic N) is 2. The molecular formula is C16H21N3OS2. The highest BCUT2D eigenvalue weighted by Gasteiger charge is 2.17. The highest BCUT2D eigenvalue weighted by molar-refractivity contribution is 8.00. The van der Waals surface area contributed by atoms with Crippen LogP contribution in [0, 0.1) is 13.8 Å². The van der Waals surface area contributed by atoms with Gasteiger partial charge in [-0.2, -0.15) is 0 Å². The second kappa shape index (κ2) is 6.96. The van der Waals surface area contributed by atoms with Gasteiger partial charge in [-0.05, 0) is 32.3 Å². The van der Waals surface area contributed by atoms with Crippen LogP contribution in [0.25, 0.3) is 10.2 Å². The van der Waals surface area contributed by atoms with Gasteiger partial charge in [0.05, 0.1) is 5.75 Å². The van der Waals surface area contributed by atoms with E-state index in [-0.39, 0.29) is 5.91 Å². The number of thioether (sulfide) groups is 1. The predicted octanol–water partition coefficient (Wildman–Crippen LogP) is 3.85. The van der Waals surface area contributed by atoms with Gasteiger partial charge in [-0.1, -0.05) is 31.0 Å². The van der Waals surface area contributed by atoms with E-state index in [2.05, 4.69) is 29.1 Å². The fourth-order valence-corrected chi connectivity index (χ4v) is 4.84. The van der Waals surface area contributed by atoms with Gasteiger partial charge in [0, 0.05) is 16.3 Å². The zero-order valence-corrected chi connectivity index (χ0v) is 14.6. The van der Waals surface area contributed by atoms with Crippen LogP contribution in [0.5, 0.6) is 0 Å². The minimum atomic E-state index is 0.119.